The normalized spacial score (nSPS) is 13.8. The first-order valence-corrected chi connectivity index (χ1v) is 10.4. The molecule has 6 nitrogen and oxygen atoms in total. The van der Waals surface area contributed by atoms with Crippen LogP contribution in [0.4, 0.5) is 14.7 Å². The van der Waals surface area contributed by atoms with Gasteiger partial charge in [-0.3, -0.25) is 0 Å². The van der Waals surface area contributed by atoms with Gasteiger partial charge >= 0.3 is 0 Å². The molecule has 4 aromatic rings. The van der Waals surface area contributed by atoms with Gasteiger partial charge in [-0.1, -0.05) is 27.2 Å². The molecule has 0 amide bonds. The Balaban J connectivity index is 1.65. The largest absolute Gasteiger partial charge is 0.351 e. The van der Waals surface area contributed by atoms with Crippen LogP contribution in [0.5, 0.6) is 0 Å². The number of hydrogen-bond donors (Lipinski definition) is 2. The van der Waals surface area contributed by atoms with Crippen LogP contribution < -0.4 is 5.32 Å². The van der Waals surface area contributed by atoms with E-state index in [1.54, 1.807) is 23.0 Å². The van der Waals surface area contributed by atoms with Gasteiger partial charge < -0.3 is 14.7 Å². The van der Waals surface area contributed by atoms with Crippen LogP contribution in [0.3, 0.4) is 0 Å². The zero-order valence-corrected chi connectivity index (χ0v) is 17.5. The maximum Gasteiger partial charge on any atom is 0.224 e. The van der Waals surface area contributed by atoms with Crippen LogP contribution in [-0.2, 0) is 6.42 Å². The van der Waals surface area contributed by atoms with Gasteiger partial charge in [0.2, 0.25) is 5.95 Å². The molecule has 0 aliphatic heterocycles. The molecule has 0 bridgehead atoms. The van der Waals surface area contributed by atoms with Gasteiger partial charge in [0.05, 0.1) is 6.54 Å². The van der Waals surface area contributed by atoms with E-state index in [4.69, 9.17) is 0 Å². The Bertz CT molecular complexity index is 1180. The quantitative estimate of drug-likeness (QED) is 0.412. The minimum atomic E-state index is -1.28. The first-order valence-electron chi connectivity index (χ1n) is 10.4. The fourth-order valence-electron chi connectivity index (χ4n) is 3.81. The molecule has 158 valence electrons. The molecule has 4 rings (SSSR count). The Morgan fingerprint density at radius 1 is 1.20 bits per heavy atom. The first kappa shape index (κ1) is 20.3. The number of pyridine rings is 1. The highest BCUT2D eigenvalue weighted by Crippen LogP contribution is 2.30. The van der Waals surface area contributed by atoms with E-state index in [1.165, 1.54) is 6.07 Å². The summed E-state index contributed by atoms with van der Waals surface area (Å²) in [5, 5.41) is 3.79. The van der Waals surface area contributed by atoms with E-state index in [9.17, 15) is 8.78 Å². The number of rotatable bonds is 8. The molecule has 0 saturated heterocycles. The molecule has 8 heteroatoms. The molecule has 0 fully saturated rings. The van der Waals surface area contributed by atoms with E-state index < -0.39 is 5.67 Å². The van der Waals surface area contributed by atoms with Crippen molar-refractivity contribution in [1.29, 1.82) is 0 Å². The second-order valence-electron chi connectivity index (χ2n) is 7.64. The Hall–Kier alpha value is -3.03. The van der Waals surface area contributed by atoms with Gasteiger partial charge in [0, 0.05) is 47.0 Å². The van der Waals surface area contributed by atoms with Crippen molar-refractivity contribution in [3.63, 3.8) is 0 Å². The molecule has 30 heavy (non-hydrogen) atoms. The van der Waals surface area contributed by atoms with Crippen molar-refractivity contribution in [2.24, 2.45) is 0 Å². The number of imidazole rings is 1. The van der Waals surface area contributed by atoms with Crippen LogP contribution >= 0.6 is 0 Å². The molecule has 0 aromatic carbocycles. The van der Waals surface area contributed by atoms with Crippen molar-refractivity contribution >= 4 is 22.6 Å². The number of hydrogen-bond acceptors (Lipinski definition) is 4. The molecule has 1 unspecified atom stereocenters. The van der Waals surface area contributed by atoms with Crippen LogP contribution in [0.25, 0.3) is 27.8 Å². The second-order valence-corrected chi connectivity index (χ2v) is 7.64. The van der Waals surface area contributed by atoms with E-state index in [0.29, 0.717) is 35.6 Å². The molecule has 0 saturated carbocycles. The molecular weight excluding hydrogens is 386 g/mol. The van der Waals surface area contributed by atoms with Crippen LogP contribution in [0.2, 0.25) is 0 Å². The predicted molar refractivity (Wildman–Crippen MR) is 115 cm³/mol. The number of anilines is 1. The summed E-state index contributed by atoms with van der Waals surface area (Å²) >= 11 is 0. The molecule has 4 heterocycles. The zero-order valence-electron chi connectivity index (χ0n) is 17.5. The number of aryl methyl sites for hydroxylation is 1. The molecule has 0 spiro atoms. The van der Waals surface area contributed by atoms with E-state index in [-0.39, 0.29) is 12.4 Å². The van der Waals surface area contributed by atoms with Gasteiger partial charge in [-0.25, -0.2) is 18.7 Å². The second kappa shape index (κ2) is 8.01. The van der Waals surface area contributed by atoms with Gasteiger partial charge in [-0.05, 0) is 25.3 Å². The molecule has 0 radical (unpaired) electrons. The number of nitrogens with zero attached hydrogens (tertiary/aromatic N) is 4. The SMILES string of the molecule is CCCC(F)(CC)CNc1ncc2c(-c3cc(F)c4ncc(CC)n4c3)c[nH]c2n1. The number of H-pyrrole nitrogens is 1. The minimum Gasteiger partial charge on any atom is -0.351 e. The summed E-state index contributed by atoms with van der Waals surface area (Å²) in [5.41, 5.74) is 2.10. The average molecular weight is 412 g/mol. The van der Waals surface area contributed by atoms with Crippen LogP contribution in [0.1, 0.15) is 45.7 Å². The number of fused-ring (bicyclic) bond motifs is 2. The van der Waals surface area contributed by atoms with Crippen molar-refractivity contribution in [3.05, 3.63) is 42.4 Å². The predicted octanol–water partition coefficient (Wildman–Crippen LogP) is 5.30. The molecule has 0 aliphatic rings. The van der Waals surface area contributed by atoms with E-state index in [0.717, 1.165) is 29.5 Å². The lowest BCUT2D eigenvalue weighted by Crippen LogP contribution is -2.31. The summed E-state index contributed by atoms with van der Waals surface area (Å²) in [6.07, 6.45) is 9.50. The number of alkyl halides is 1. The number of aromatic amines is 1. The third kappa shape index (κ3) is 3.62. The Labute approximate surface area is 173 Å². The van der Waals surface area contributed by atoms with Crippen LogP contribution in [-0.4, -0.2) is 36.6 Å². The minimum absolute atomic E-state index is 0.165. The lowest BCUT2D eigenvalue weighted by Gasteiger charge is -2.23. The van der Waals surface area contributed by atoms with Gasteiger partial charge in [0.1, 0.15) is 11.3 Å². The van der Waals surface area contributed by atoms with Crippen molar-refractivity contribution in [2.45, 2.75) is 52.1 Å². The van der Waals surface area contributed by atoms with E-state index in [1.807, 2.05) is 27.0 Å². The summed E-state index contributed by atoms with van der Waals surface area (Å²) in [5.74, 6) is -0.0116. The Morgan fingerprint density at radius 2 is 2.03 bits per heavy atom. The highest BCUT2D eigenvalue weighted by Gasteiger charge is 2.26. The molecule has 2 N–H and O–H groups in total. The smallest absolute Gasteiger partial charge is 0.224 e. The highest BCUT2D eigenvalue weighted by molar-refractivity contribution is 5.93. The maximum atomic E-state index is 14.8. The number of halogens is 2. The summed E-state index contributed by atoms with van der Waals surface area (Å²) in [4.78, 5) is 16.1. The van der Waals surface area contributed by atoms with Crippen LogP contribution in [0, 0.1) is 5.82 Å². The molecular formula is C22H26F2N6. The first-order chi connectivity index (χ1) is 14.5. The number of aromatic nitrogens is 5. The summed E-state index contributed by atoms with van der Waals surface area (Å²) in [7, 11) is 0. The lowest BCUT2D eigenvalue weighted by molar-refractivity contribution is 0.158. The molecule has 4 aromatic heterocycles. The summed E-state index contributed by atoms with van der Waals surface area (Å²) in [6, 6.07) is 1.47. The lowest BCUT2D eigenvalue weighted by atomic mass is 9.97. The van der Waals surface area contributed by atoms with Crippen molar-refractivity contribution in [3.8, 4) is 11.1 Å². The van der Waals surface area contributed by atoms with Gasteiger partial charge in [-0.15, -0.1) is 0 Å². The van der Waals surface area contributed by atoms with Crippen molar-refractivity contribution in [1.82, 2.24) is 24.3 Å². The average Bonchev–Trinajstić information content (AvgIpc) is 3.36. The third-order valence-corrected chi connectivity index (χ3v) is 5.64. The monoisotopic (exact) mass is 412 g/mol. The molecule has 1 atom stereocenters. The Kier molecular flexibility index (Phi) is 5.40. The summed E-state index contributed by atoms with van der Waals surface area (Å²) < 4.78 is 31.1. The topological polar surface area (TPSA) is 70.9 Å². The number of nitrogens with one attached hydrogen (secondary N) is 2. The summed E-state index contributed by atoms with van der Waals surface area (Å²) in [6.45, 7) is 5.99. The third-order valence-electron chi connectivity index (χ3n) is 5.64. The van der Waals surface area contributed by atoms with Gasteiger partial charge in [-0.2, -0.15) is 4.98 Å². The van der Waals surface area contributed by atoms with E-state index in [2.05, 4.69) is 25.3 Å². The van der Waals surface area contributed by atoms with Gasteiger partial charge in [0.25, 0.3) is 0 Å². The Morgan fingerprint density at radius 3 is 2.77 bits per heavy atom. The molecule has 0 aliphatic carbocycles. The van der Waals surface area contributed by atoms with E-state index >= 15 is 0 Å². The maximum absolute atomic E-state index is 14.8. The highest BCUT2D eigenvalue weighted by atomic mass is 19.1. The van der Waals surface area contributed by atoms with Crippen molar-refractivity contribution < 1.29 is 8.78 Å². The van der Waals surface area contributed by atoms with Crippen molar-refractivity contribution in [2.75, 3.05) is 11.9 Å². The fraction of sp³-hybridized carbons (Fsp3) is 0.409. The standard InChI is InChI=1S/C22H26F2N6/c1-4-7-22(24,6-3)13-28-21-27-11-17-16(10-25-19(17)29-21)14-8-18(23)20-26-9-15(5-2)30(20)12-14/h8-12H,4-7,13H2,1-3H3,(H2,25,27,28,29). The fourth-order valence-corrected chi connectivity index (χ4v) is 3.81. The zero-order chi connectivity index (χ0) is 21.3. The van der Waals surface area contributed by atoms with Gasteiger partial charge in [0.15, 0.2) is 11.5 Å². The van der Waals surface area contributed by atoms with Crippen LogP contribution in [0.15, 0.2) is 30.9 Å².